The highest BCUT2D eigenvalue weighted by molar-refractivity contribution is 6.34. The molecule has 1 aliphatic rings. The number of amides is 2. The summed E-state index contributed by atoms with van der Waals surface area (Å²) in [6.45, 7) is -0.278. The molecular weight excluding hydrogens is 388 g/mol. The fraction of sp³-hybridized carbons (Fsp3) is 0.105. The van der Waals surface area contributed by atoms with Crippen LogP contribution >= 0.6 is 11.6 Å². The molecule has 0 bridgehead atoms. The van der Waals surface area contributed by atoms with Crippen molar-refractivity contribution in [3.63, 3.8) is 0 Å². The number of hydrogen-bond donors (Lipinski definition) is 1. The Hall–Kier alpha value is -3.52. The molecule has 0 unspecified atom stereocenters. The number of nitro benzene ring substituents is 1. The average molecular weight is 401 g/mol. The van der Waals surface area contributed by atoms with Gasteiger partial charge in [-0.3, -0.25) is 29.4 Å². The Bertz CT molecular complexity index is 1050. The number of carbonyl (C=O) groups is 3. The fourth-order valence-corrected chi connectivity index (χ4v) is 3.07. The van der Waals surface area contributed by atoms with Crippen molar-refractivity contribution in [2.24, 2.45) is 0 Å². The number of rotatable bonds is 5. The van der Waals surface area contributed by atoms with Gasteiger partial charge in [0, 0.05) is 23.7 Å². The van der Waals surface area contributed by atoms with E-state index in [9.17, 15) is 24.5 Å². The quantitative estimate of drug-likeness (QED) is 0.356. The summed E-state index contributed by atoms with van der Waals surface area (Å²) < 4.78 is 0. The van der Waals surface area contributed by atoms with Gasteiger partial charge in [0.25, 0.3) is 17.5 Å². The van der Waals surface area contributed by atoms with Crippen molar-refractivity contribution in [3.05, 3.63) is 74.3 Å². The van der Waals surface area contributed by atoms with E-state index in [1.54, 1.807) is 18.2 Å². The van der Waals surface area contributed by atoms with Gasteiger partial charge in [0.15, 0.2) is 0 Å². The van der Waals surface area contributed by atoms with Crippen molar-refractivity contribution < 1.29 is 24.4 Å². The summed E-state index contributed by atoms with van der Waals surface area (Å²) in [4.78, 5) is 47.7. The number of hydrogen-bond acceptors (Lipinski definition) is 5. The minimum Gasteiger partial charge on any atom is -0.481 e. The van der Waals surface area contributed by atoms with E-state index in [1.165, 1.54) is 30.3 Å². The van der Waals surface area contributed by atoms with Gasteiger partial charge in [-0.15, -0.1) is 0 Å². The third-order valence-electron chi connectivity index (χ3n) is 4.20. The lowest BCUT2D eigenvalue weighted by Crippen LogP contribution is -2.42. The van der Waals surface area contributed by atoms with Gasteiger partial charge in [-0.05, 0) is 29.3 Å². The number of aliphatic carboxylic acids is 1. The van der Waals surface area contributed by atoms with Crippen molar-refractivity contribution in [2.75, 3.05) is 6.54 Å². The molecule has 0 aliphatic carbocycles. The van der Waals surface area contributed by atoms with E-state index in [1.807, 2.05) is 0 Å². The second-order valence-electron chi connectivity index (χ2n) is 5.98. The molecule has 1 aliphatic heterocycles. The molecule has 1 N–H and O–H groups in total. The Morgan fingerprint density at radius 2 is 1.82 bits per heavy atom. The van der Waals surface area contributed by atoms with E-state index in [0.29, 0.717) is 11.1 Å². The first-order valence-corrected chi connectivity index (χ1v) is 8.50. The minimum absolute atomic E-state index is 0.0409. The third-order valence-corrected chi connectivity index (χ3v) is 4.52. The standard InChI is InChI=1S/C19H13ClN2O6/c20-15-6-5-11(10-16(15)22(27)28)9-14-12-3-1-2-4-13(12)18(25)21(19(14)26)8-7-17(23)24/h1-6,9-10H,7-8H2,(H,23,24)/b14-9-. The number of nitrogens with zero attached hydrogens (tertiary/aromatic N) is 2. The summed E-state index contributed by atoms with van der Waals surface area (Å²) in [5.41, 5.74) is 0.800. The molecule has 0 saturated heterocycles. The number of carboxylic acid groups (broad SMARTS) is 1. The molecule has 2 aromatic carbocycles. The van der Waals surface area contributed by atoms with Crippen LogP contribution in [0.15, 0.2) is 42.5 Å². The molecule has 0 saturated carbocycles. The molecule has 0 radical (unpaired) electrons. The van der Waals surface area contributed by atoms with Gasteiger partial charge in [0.05, 0.1) is 11.3 Å². The molecule has 0 fully saturated rings. The van der Waals surface area contributed by atoms with Crippen LogP contribution in [0, 0.1) is 10.1 Å². The maximum atomic E-state index is 12.9. The summed E-state index contributed by atoms with van der Waals surface area (Å²) in [7, 11) is 0. The van der Waals surface area contributed by atoms with Crippen LogP contribution in [-0.2, 0) is 9.59 Å². The van der Waals surface area contributed by atoms with Crippen molar-refractivity contribution in [1.29, 1.82) is 0 Å². The largest absolute Gasteiger partial charge is 0.481 e. The lowest BCUT2D eigenvalue weighted by atomic mass is 9.92. The summed E-state index contributed by atoms with van der Waals surface area (Å²) in [6, 6.07) is 10.5. The van der Waals surface area contributed by atoms with Gasteiger partial charge in [0.2, 0.25) is 0 Å². The van der Waals surface area contributed by atoms with Crippen molar-refractivity contribution >= 4 is 46.7 Å². The highest BCUT2D eigenvalue weighted by atomic mass is 35.5. The Kier molecular flexibility index (Phi) is 5.23. The fourth-order valence-electron chi connectivity index (χ4n) is 2.88. The van der Waals surface area contributed by atoms with Gasteiger partial charge in [-0.2, -0.15) is 0 Å². The van der Waals surface area contributed by atoms with E-state index in [2.05, 4.69) is 0 Å². The number of carbonyl (C=O) groups excluding carboxylic acids is 2. The first-order chi connectivity index (χ1) is 13.3. The lowest BCUT2D eigenvalue weighted by Gasteiger charge is -2.28. The Balaban J connectivity index is 2.11. The number of fused-ring (bicyclic) bond motifs is 1. The molecule has 0 aromatic heterocycles. The second-order valence-corrected chi connectivity index (χ2v) is 6.38. The third kappa shape index (κ3) is 3.63. The van der Waals surface area contributed by atoms with Gasteiger partial charge < -0.3 is 5.11 Å². The summed E-state index contributed by atoms with van der Waals surface area (Å²) >= 11 is 5.82. The number of halogens is 1. The Morgan fingerprint density at radius 1 is 1.14 bits per heavy atom. The van der Waals surface area contributed by atoms with Crippen LogP contribution in [-0.4, -0.2) is 39.3 Å². The summed E-state index contributed by atoms with van der Waals surface area (Å²) in [6.07, 6.45) is 1.03. The minimum atomic E-state index is -1.14. The van der Waals surface area contributed by atoms with Gasteiger partial charge in [0.1, 0.15) is 5.02 Å². The molecule has 1 heterocycles. The van der Waals surface area contributed by atoms with E-state index in [-0.39, 0.29) is 34.8 Å². The first kappa shape index (κ1) is 19.2. The number of carboxylic acids is 1. The van der Waals surface area contributed by atoms with E-state index < -0.39 is 22.7 Å². The van der Waals surface area contributed by atoms with Gasteiger partial charge in [-0.25, -0.2) is 0 Å². The molecule has 142 valence electrons. The summed E-state index contributed by atoms with van der Waals surface area (Å²) in [5.74, 6) is -2.39. The zero-order valence-corrected chi connectivity index (χ0v) is 15.0. The van der Waals surface area contributed by atoms with Crippen LogP contribution in [0.3, 0.4) is 0 Å². The molecule has 2 aromatic rings. The predicted molar refractivity (Wildman–Crippen MR) is 101 cm³/mol. The van der Waals surface area contributed by atoms with Gasteiger partial charge >= 0.3 is 5.97 Å². The normalized spacial score (nSPS) is 14.9. The smallest absolute Gasteiger partial charge is 0.305 e. The number of nitro groups is 1. The zero-order chi connectivity index (χ0) is 20.4. The lowest BCUT2D eigenvalue weighted by molar-refractivity contribution is -0.384. The molecular formula is C19H13ClN2O6. The summed E-state index contributed by atoms with van der Waals surface area (Å²) in [5, 5.41) is 19.9. The molecule has 8 nitrogen and oxygen atoms in total. The molecule has 28 heavy (non-hydrogen) atoms. The van der Waals surface area contributed by atoms with Crippen molar-refractivity contribution in [2.45, 2.75) is 6.42 Å². The first-order valence-electron chi connectivity index (χ1n) is 8.12. The van der Waals surface area contributed by atoms with Crippen molar-refractivity contribution in [3.8, 4) is 0 Å². The van der Waals surface area contributed by atoms with Crippen LogP contribution in [0.25, 0.3) is 11.6 Å². The van der Waals surface area contributed by atoms with Crippen LogP contribution in [0.4, 0.5) is 5.69 Å². The SMILES string of the molecule is O=C(O)CCN1C(=O)/C(=C\c2ccc(Cl)c([N+](=O)[O-])c2)c2ccccc2C1=O. The molecule has 3 rings (SSSR count). The maximum absolute atomic E-state index is 12.9. The predicted octanol–water partition coefficient (Wildman–Crippen LogP) is 3.25. The van der Waals surface area contributed by atoms with Crippen LogP contribution < -0.4 is 0 Å². The van der Waals surface area contributed by atoms with E-state index in [4.69, 9.17) is 16.7 Å². The number of imide groups is 1. The van der Waals surface area contributed by atoms with Crippen LogP contribution in [0.2, 0.25) is 5.02 Å². The Morgan fingerprint density at radius 3 is 2.46 bits per heavy atom. The molecule has 9 heteroatoms. The van der Waals surface area contributed by atoms with Crippen LogP contribution in [0.5, 0.6) is 0 Å². The Labute approximate surface area is 163 Å². The van der Waals surface area contributed by atoms with Crippen molar-refractivity contribution in [1.82, 2.24) is 4.90 Å². The highest BCUT2D eigenvalue weighted by Crippen LogP contribution is 2.32. The monoisotopic (exact) mass is 400 g/mol. The zero-order valence-electron chi connectivity index (χ0n) is 14.3. The number of benzene rings is 2. The second kappa shape index (κ2) is 7.61. The molecule has 2 amide bonds. The topological polar surface area (TPSA) is 118 Å². The van der Waals surface area contributed by atoms with E-state index >= 15 is 0 Å². The van der Waals surface area contributed by atoms with Crippen LogP contribution in [0.1, 0.15) is 27.9 Å². The molecule has 0 spiro atoms. The maximum Gasteiger partial charge on any atom is 0.305 e. The van der Waals surface area contributed by atoms with E-state index in [0.717, 1.165) is 4.90 Å². The average Bonchev–Trinajstić information content (AvgIpc) is 2.66. The van der Waals surface area contributed by atoms with Gasteiger partial charge in [-0.1, -0.05) is 35.9 Å². The highest BCUT2D eigenvalue weighted by Gasteiger charge is 2.34. The molecule has 0 atom stereocenters.